The predicted octanol–water partition coefficient (Wildman–Crippen LogP) is 3.62. The maximum absolute atomic E-state index is 11.8. The van der Waals surface area contributed by atoms with Gasteiger partial charge in [-0.3, -0.25) is 0 Å². The Morgan fingerprint density at radius 1 is 1.14 bits per heavy atom. The molecule has 0 saturated carbocycles. The topological polar surface area (TPSA) is 44.8 Å². The van der Waals surface area contributed by atoms with Crippen molar-refractivity contribution in [2.24, 2.45) is 0 Å². The van der Waals surface area contributed by atoms with Gasteiger partial charge >= 0.3 is 5.97 Å². The molecule has 22 heavy (non-hydrogen) atoms. The summed E-state index contributed by atoms with van der Waals surface area (Å²) in [5.74, 6) is 0.554. The van der Waals surface area contributed by atoms with E-state index in [1.807, 2.05) is 30.3 Å². The number of hydrogen-bond acceptors (Lipinski definition) is 4. The SMILES string of the molecule is C=CCOc1ccc(OCc2ccccc2)cc1C(=O)OC. The van der Waals surface area contributed by atoms with Gasteiger partial charge in [0.25, 0.3) is 0 Å². The van der Waals surface area contributed by atoms with E-state index in [0.717, 1.165) is 5.56 Å². The van der Waals surface area contributed by atoms with Gasteiger partial charge in [-0.05, 0) is 23.8 Å². The minimum absolute atomic E-state index is 0.314. The van der Waals surface area contributed by atoms with Crippen LogP contribution in [0.25, 0.3) is 0 Å². The van der Waals surface area contributed by atoms with E-state index in [1.165, 1.54) is 7.11 Å². The summed E-state index contributed by atoms with van der Waals surface area (Å²) >= 11 is 0. The minimum atomic E-state index is -0.468. The number of rotatable bonds is 7. The first kappa shape index (κ1) is 15.6. The fourth-order valence-corrected chi connectivity index (χ4v) is 1.88. The Morgan fingerprint density at radius 3 is 2.59 bits per heavy atom. The summed E-state index contributed by atoms with van der Waals surface area (Å²) in [7, 11) is 1.33. The number of carbonyl (C=O) groups is 1. The molecule has 114 valence electrons. The predicted molar refractivity (Wildman–Crippen MR) is 84.2 cm³/mol. The largest absolute Gasteiger partial charge is 0.489 e. The van der Waals surface area contributed by atoms with Gasteiger partial charge in [0, 0.05) is 0 Å². The molecule has 4 nitrogen and oxygen atoms in total. The van der Waals surface area contributed by atoms with Gasteiger partial charge in [-0.25, -0.2) is 4.79 Å². The number of benzene rings is 2. The van der Waals surface area contributed by atoms with Crippen LogP contribution in [0.15, 0.2) is 61.2 Å². The van der Waals surface area contributed by atoms with Crippen LogP contribution in [-0.2, 0) is 11.3 Å². The fourth-order valence-electron chi connectivity index (χ4n) is 1.88. The quantitative estimate of drug-likeness (QED) is 0.578. The van der Waals surface area contributed by atoms with Crippen LogP contribution in [0.2, 0.25) is 0 Å². The molecule has 0 amide bonds. The van der Waals surface area contributed by atoms with Crippen LogP contribution in [0.1, 0.15) is 15.9 Å². The number of carbonyl (C=O) groups excluding carboxylic acids is 1. The van der Waals surface area contributed by atoms with E-state index in [1.54, 1.807) is 24.3 Å². The highest BCUT2D eigenvalue weighted by atomic mass is 16.5. The van der Waals surface area contributed by atoms with Crippen molar-refractivity contribution in [2.45, 2.75) is 6.61 Å². The van der Waals surface area contributed by atoms with E-state index in [9.17, 15) is 4.79 Å². The van der Waals surface area contributed by atoms with Crippen molar-refractivity contribution in [3.05, 3.63) is 72.3 Å². The summed E-state index contributed by atoms with van der Waals surface area (Å²) in [5, 5.41) is 0. The molecule has 0 aliphatic heterocycles. The van der Waals surface area contributed by atoms with Gasteiger partial charge < -0.3 is 14.2 Å². The van der Waals surface area contributed by atoms with Crippen LogP contribution in [-0.4, -0.2) is 19.7 Å². The minimum Gasteiger partial charge on any atom is -0.489 e. The van der Waals surface area contributed by atoms with Crippen molar-refractivity contribution >= 4 is 5.97 Å². The summed E-state index contributed by atoms with van der Waals surface area (Å²) in [6.45, 7) is 4.32. The lowest BCUT2D eigenvalue weighted by Crippen LogP contribution is -2.06. The van der Waals surface area contributed by atoms with E-state index in [4.69, 9.17) is 14.2 Å². The van der Waals surface area contributed by atoms with Gasteiger partial charge in [0.05, 0.1) is 7.11 Å². The number of esters is 1. The van der Waals surface area contributed by atoms with Crippen molar-refractivity contribution in [3.63, 3.8) is 0 Å². The molecule has 0 saturated heterocycles. The van der Waals surface area contributed by atoms with Gasteiger partial charge in [-0.15, -0.1) is 0 Å². The van der Waals surface area contributed by atoms with Crippen molar-refractivity contribution in [1.82, 2.24) is 0 Å². The highest BCUT2D eigenvalue weighted by Gasteiger charge is 2.14. The van der Waals surface area contributed by atoms with Gasteiger partial charge in [0.2, 0.25) is 0 Å². The number of methoxy groups -OCH3 is 1. The fraction of sp³-hybridized carbons (Fsp3) is 0.167. The monoisotopic (exact) mass is 298 g/mol. The Morgan fingerprint density at radius 2 is 1.91 bits per heavy atom. The van der Waals surface area contributed by atoms with E-state index in [-0.39, 0.29) is 0 Å². The zero-order valence-corrected chi connectivity index (χ0v) is 12.5. The van der Waals surface area contributed by atoms with E-state index in [2.05, 4.69) is 6.58 Å². The summed E-state index contributed by atoms with van der Waals surface area (Å²) in [6.07, 6.45) is 1.61. The lowest BCUT2D eigenvalue weighted by atomic mass is 10.2. The van der Waals surface area contributed by atoms with Crippen molar-refractivity contribution in [2.75, 3.05) is 13.7 Å². The number of ether oxygens (including phenoxy) is 3. The zero-order valence-electron chi connectivity index (χ0n) is 12.5. The molecule has 0 unspecified atom stereocenters. The third-order valence-electron chi connectivity index (χ3n) is 2.96. The van der Waals surface area contributed by atoms with Crippen LogP contribution < -0.4 is 9.47 Å². The van der Waals surface area contributed by atoms with Gasteiger partial charge in [0.15, 0.2) is 0 Å². The summed E-state index contributed by atoms with van der Waals surface area (Å²) < 4.78 is 15.9. The van der Waals surface area contributed by atoms with Gasteiger partial charge in [-0.2, -0.15) is 0 Å². The molecule has 0 N–H and O–H groups in total. The average molecular weight is 298 g/mol. The van der Waals surface area contributed by atoms with Crippen LogP contribution in [0, 0.1) is 0 Å². The molecule has 0 atom stereocenters. The maximum Gasteiger partial charge on any atom is 0.341 e. The third-order valence-corrected chi connectivity index (χ3v) is 2.96. The summed E-state index contributed by atoms with van der Waals surface area (Å²) in [5.41, 5.74) is 1.38. The lowest BCUT2D eigenvalue weighted by Gasteiger charge is -2.12. The van der Waals surface area contributed by atoms with E-state index >= 15 is 0 Å². The second-order valence-corrected chi connectivity index (χ2v) is 4.52. The molecule has 0 heterocycles. The van der Waals surface area contributed by atoms with Crippen LogP contribution in [0.5, 0.6) is 11.5 Å². The first-order valence-corrected chi connectivity index (χ1v) is 6.87. The highest BCUT2D eigenvalue weighted by Crippen LogP contribution is 2.25. The second kappa shape index (κ2) is 7.88. The van der Waals surface area contributed by atoms with Crippen LogP contribution >= 0.6 is 0 Å². The first-order valence-electron chi connectivity index (χ1n) is 6.87. The molecule has 0 bridgehead atoms. The standard InChI is InChI=1S/C18H18O4/c1-3-11-21-17-10-9-15(12-16(17)18(19)20-2)22-13-14-7-5-4-6-8-14/h3-10,12H,1,11,13H2,2H3. The molecule has 0 radical (unpaired) electrons. The maximum atomic E-state index is 11.8. The Labute approximate surface area is 129 Å². The van der Waals surface area contributed by atoms with E-state index in [0.29, 0.717) is 30.3 Å². The molecule has 0 aliphatic rings. The zero-order chi connectivity index (χ0) is 15.8. The van der Waals surface area contributed by atoms with Crippen molar-refractivity contribution in [1.29, 1.82) is 0 Å². The molecule has 0 fully saturated rings. The Bertz CT molecular complexity index is 635. The molecule has 2 aromatic carbocycles. The van der Waals surface area contributed by atoms with Gasteiger partial charge in [0.1, 0.15) is 30.3 Å². The molecular weight excluding hydrogens is 280 g/mol. The average Bonchev–Trinajstić information content (AvgIpc) is 2.58. The Hall–Kier alpha value is -2.75. The smallest absolute Gasteiger partial charge is 0.341 e. The molecule has 4 heteroatoms. The normalized spacial score (nSPS) is 9.86. The summed E-state index contributed by atoms with van der Waals surface area (Å²) in [6, 6.07) is 14.9. The molecule has 0 spiro atoms. The summed E-state index contributed by atoms with van der Waals surface area (Å²) in [4.78, 5) is 11.8. The first-order chi connectivity index (χ1) is 10.7. The van der Waals surface area contributed by atoms with Gasteiger partial charge in [-0.1, -0.05) is 43.0 Å². The van der Waals surface area contributed by atoms with Crippen molar-refractivity contribution < 1.29 is 19.0 Å². The Kier molecular flexibility index (Phi) is 5.60. The van der Waals surface area contributed by atoms with Crippen LogP contribution in [0.4, 0.5) is 0 Å². The Balaban J connectivity index is 2.15. The third kappa shape index (κ3) is 4.12. The highest BCUT2D eigenvalue weighted by molar-refractivity contribution is 5.93. The van der Waals surface area contributed by atoms with E-state index < -0.39 is 5.97 Å². The molecule has 0 aliphatic carbocycles. The molecule has 0 aromatic heterocycles. The van der Waals surface area contributed by atoms with Crippen LogP contribution in [0.3, 0.4) is 0 Å². The lowest BCUT2D eigenvalue weighted by molar-refractivity contribution is 0.0596. The molecule has 2 rings (SSSR count). The van der Waals surface area contributed by atoms with Crippen molar-refractivity contribution in [3.8, 4) is 11.5 Å². The second-order valence-electron chi connectivity index (χ2n) is 4.52. The molecular formula is C18H18O4. The molecule has 2 aromatic rings. The number of hydrogen-bond donors (Lipinski definition) is 0.